The Bertz CT molecular complexity index is 727. The minimum Gasteiger partial charge on any atom is -0.318 e. The van der Waals surface area contributed by atoms with Crippen molar-refractivity contribution in [3.8, 4) is 0 Å². The van der Waals surface area contributed by atoms with E-state index >= 15 is 0 Å². The average molecular weight is 320 g/mol. The summed E-state index contributed by atoms with van der Waals surface area (Å²) in [6.07, 6.45) is 3.36. The SMILES string of the molecule is CCn1cnnc1CC1CCN(S(=O)(=O)c2ccccc2)C1. The Balaban J connectivity index is 1.70. The third kappa shape index (κ3) is 2.91. The van der Waals surface area contributed by atoms with Crippen LogP contribution < -0.4 is 0 Å². The molecule has 1 aromatic carbocycles. The molecule has 1 aliphatic rings. The molecular weight excluding hydrogens is 300 g/mol. The Morgan fingerprint density at radius 3 is 2.77 bits per heavy atom. The van der Waals surface area contributed by atoms with Crippen molar-refractivity contribution in [2.45, 2.75) is 31.2 Å². The zero-order valence-corrected chi connectivity index (χ0v) is 13.4. The van der Waals surface area contributed by atoms with Gasteiger partial charge in [-0.3, -0.25) is 0 Å². The van der Waals surface area contributed by atoms with E-state index in [1.54, 1.807) is 34.9 Å². The topological polar surface area (TPSA) is 68.1 Å². The van der Waals surface area contributed by atoms with E-state index in [0.29, 0.717) is 23.9 Å². The second-order valence-electron chi connectivity index (χ2n) is 5.57. The highest BCUT2D eigenvalue weighted by Crippen LogP contribution is 2.26. The highest BCUT2D eigenvalue weighted by atomic mass is 32.2. The van der Waals surface area contributed by atoms with E-state index in [4.69, 9.17) is 0 Å². The van der Waals surface area contributed by atoms with Gasteiger partial charge in [0.2, 0.25) is 10.0 Å². The number of benzene rings is 1. The van der Waals surface area contributed by atoms with Gasteiger partial charge in [-0.25, -0.2) is 8.42 Å². The monoisotopic (exact) mass is 320 g/mol. The maximum Gasteiger partial charge on any atom is 0.243 e. The van der Waals surface area contributed by atoms with Crippen LogP contribution in [-0.2, 0) is 23.0 Å². The lowest BCUT2D eigenvalue weighted by molar-refractivity contribution is 0.450. The van der Waals surface area contributed by atoms with Crippen molar-refractivity contribution in [2.24, 2.45) is 5.92 Å². The largest absolute Gasteiger partial charge is 0.318 e. The molecule has 1 saturated heterocycles. The Morgan fingerprint density at radius 2 is 2.05 bits per heavy atom. The quantitative estimate of drug-likeness (QED) is 0.838. The van der Waals surface area contributed by atoms with Crippen molar-refractivity contribution in [2.75, 3.05) is 13.1 Å². The predicted octanol–water partition coefficient (Wildman–Crippen LogP) is 1.55. The first kappa shape index (κ1) is 15.2. The normalized spacial score (nSPS) is 19.6. The van der Waals surface area contributed by atoms with Crippen LogP contribution in [0.5, 0.6) is 0 Å². The van der Waals surface area contributed by atoms with Crippen molar-refractivity contribution in [3.05, 3.63) is 42.5 Å². The van der Waals surface area contributed by atoms with Gasteiger partial charge in [-0.05, 0) is 31.4 Å². The molecule has 0 radical (unpaired) electrons. The maximum atomic E-state index is 12.6. The molecule has 118 valence electrons. The first-order valence-electron chi connectivity index (χ1n) is 7.53. The van der Waals surface area contributed by atoms with E-state index in [1.165, 1.54) is 0 Å². The van der Waals surface area contributed by atoms with Gasteiger partial charge in [0.1, 0.15) is 12.2 Å². The van der Waals surface area contributed by atoms with Crippen LogP contribution in [0, 0.1) is 5.92 Å². The fourth-order valence-electron chi connectivity index (χ4n) is 2.88. The third-order valence-corrected chi connectivity index (χ3v) is 6.02. The molecule has 0 N–H and O–H groups in total. The molecule has 22 heavy (non-hydrogen) atoms. The second-order valence-corrected chi connectivity index (χ2v) is 7.51. The number of hydrogen-bond acceptors (Lipinski definition) is 4. The van der Waals surface area contributed by atoms with Gasteiger partial charge in [-0.1, -0.05) is 18.2 Å². The van der Waals surface area contributed by atoms with E-state index in [2.05, 4.69) is 10.2 Å². The Hall–Kier alpha value is -1.73. The lowest BCUT2D eigenvalue weighted by Crippen LogP contribution is -2.29. The Morgan fingerprint density at radius 1 is 1.27 bits per heavy atom. The number of aryl methyl sites for hydroxylation is 1. The summed E-state index contributed by atoms with van der Waals surface area (Å²) in [6.45, 7) is 4.00. The molecule has 1 aliphatic heterocycles. The number of aromatic nitrogens is 3. The summed E-state index contributed by atoms with van der Waals surface area (Å²) in [7, 11) is -3.38. The molecule has 0 aliphatic carbocycles. The average Bonchev–Trinajstić information content (AvgIpc) is 3.18. The Labute approximate surface area is 130 Å². The smallest absolute Gasteiger partial charge is 0.243 e. The van der Waals surface area contributed by atoms with Crippen LogP contribution in [0.3, 0.4) is 0 Å². The number of nitrogens with zero attached hydrogens (tertiary/aromatic N) is 4. The van der Waals surface area contributed by atoms with Gasteiger partial charge in [0.05, 0.1) is 4.90 Å². The molecule has 0 saturated carbocycles. The molecule has 0 spiro atoms. The molecule has 1 fully saturated rings. The van der Waals surface area contributed by atoms with E-state index < -0.39 is 10.0 Å². The molecule has 0 bridgehead atoms. The number of sulfonamides is 1. The standard InChI is InChI=1S/C15H20N4O2S/c1-2-18-12-16-17-15(18)10-13-8-9-19(11-13)22(20,21)14-6-4-3-5-7-14/h3-7,12-13H,2,8-11H2,1H3. The van der Waals surface area contributed by atoms with Gasteiger partial charge in [-0.2, -0.15) is 4.31 Å². The van der Waals surface area contributed by atoms with Crippen LogP contribution in [0.25, 0.3) is 0 Å². The minimum atomic E-state index is -3.38. The van der Waals surface area contributed by atoms with E-state index in [9.17, 15) is 8.42 Å². The van der Waals surface area contributed by atoms with E-state index in [0.717, 1.165) is 25.2 Å². The molecule has 1 atom stereocenters. The summed E-state index contributed by atoms with van der Waals surface area (Å²) in [6, 6.07) is 8.63. The summed E-state index contributed by atoms with van der Waals surface area (Å²) >= 11 is 0. The van der Waals surface area contributed by atoms with Crippen molar-refractivity contribution < 1.29 is 8.42 Å². The molecule has 3 rings (SSSR count). The summed E-state index contributed by atoms with van der Waals surface area (Å²) in [5.74, 6) is 1.24. The molecule has 0 amide bonds. The highest BCUT2D eigenvalue weighted by Gasteiger charge is 2.33. The maximum absolute atomic E-state index is 12.6. The zero-order chi connectivity index (χ0) is 15.6. The van der Waals surface area contributed by atoms with Crippen LogP contribution in [0.4, 0.5) is 0 Å². The molecule has 2 aromatic rings. The molecule has 2 heterocycles. The highest BCUT2D eigenvalue weighted by molar-refractivity contribution is 7.89. The fraction of sp³-hybridized carbons (Fsp3) is 0.467. The van der Waals surface area contributed by atoms with Crippen molar-refractivity contribution in [1.29, 1.82) is 0 Å². The van der Waals surface area contributed by atoms with Gasteiger partial charge < -0.3 is 4.57 Å². The van der Waals surface area contributed by atoms with E-state index in [-0.39, 0.29) is 0 Å². The molecular formula is C15H20N4O2S. The second kappa shape index (κ2) is 6.18. The summed E-state index contributed by atoms with van der Waals surface area (Å²) in [5.41, 5.74) is 0. The lowest BCUT2D eigenvalue weighted by Gasteiger charge is -2.16. The minimum absolute atomic E-state index is 0.299. The van der Waals surface area contributed by atoms with Gasteiger partial charge in [-0.15, -0.1) is 10.2 Å². The molecule has 7 heteroatoms. The fourth-order valence-corrected chi connectivity index (χ4v) is 4.43. The Kier molecular flexibility index (Phi) is 4.26. The molecule has 6 nitrogen and oxygen atoms in total. The zero-order valence-electron chi connectivity index (χ0n) is 12.6. The van der Waals surface area contributed by atoms with Gasteiger partial charge in [0.25, 0.3) is 0 Å². The molecule has 1 aromatic heterocycles. The van der Waals surface area contributed by atoms with Crippen LogP contribution >= 0.6 is 0 Å². The first-order chi connectivity index (χ1) is 10.6. The first-order valence-corrected chi connectivity index (χ1v) is 8.97. The van der Waals surface area contributed by atoms with Crippen LogP contribution in [0.1, 0.15) is 19.2 Å². The van der Waals surface area contributed by atoms with Crippen LogP contribution in [-0.4, -0.2) is 40.6 Å². The number of hydrogen-bond donors (Lipinski definition) is 0. The summed E-state index contributed by atoms with van der Waals surface area (Å²) < 4.78 is 28.8. The van der Waals surface area contributed by atoms with Gasteiger partial charge in [0, 0.05) is 26.1 Å². The van der Waals surface area contributed by atoms with Crippen molar-refractivity contribution >= 4 is 10.0 Å². The van der Waals surface area contributed by atoms with Crippen molar-refractivity contribution in [3.63, 3.8) is 0 Å². The molecule has 1 unspecified atom stereocenters. The summed E-state index contributed by atoms with van der Waals surface area (Å²) in [4.78, 5) is 0.368. The third-order valence-electron chi connectivity index (χ3n) is 4.14. The van der Waals surface area contributed by atoms with Crippen LogP contribution in [0.2, 0.25) is 0 Å². The van der Waals surface area contributed by atoms with E-state index in [1.807, 2.05) is 17.6 Å². The predicted molar refractivity (Wildman–Crippen MR) is 82.7 cm³/mol. The van der Waals surface area contributed by atoms with Crippen molar-refractivity contribution in [1.82, 2.24) is 19.1 Å². The lowest BCUT2D eigenvalue weighted by atomic mass is 10.0. The van der Waals surface area contributed by atoms with Gasteiger partial charge >= 0.3 is 0 Å². The number of rotatable bonds is 5. The summed E-state index contributed by atoms with van der Waals surface area (Å²) in [5, 5.41) is 8.07. The van der Waals surface area contributed by atoms with Crippen LogP contribution in [0.15, 0.2) is 41.6 Å². The van der Waals surface area contributed by atoms with Gasteiger partial charge in [0.15, 0.2) is 0 Å².